The van der Waals surface area contributed by atoms with Crippen LogP contribution in [0.2, 0.25) is 5.02 Å². The summed E-state index contributed by atoms with van der Waals surface area (Å²) in [5.74, 6) is -0.902. The molecule has 0 bridgehead atoms. The third kappa shape index (κ3) is 4.66. The van der Waals surface area contributed by atoms with Crippen LogP contribution in [-0.2, 0) is 0 Å². The van der Waals surface area contributed by atoms with Gasteiger partial charge < -0.3 is 10.2 Å². The van der Waals surface area contributed by atoms with Crippen molar-refractivity contribution in [1.29, 1.82) is 0 Å². The Morgan fingerprint density at radius 2 is 1.97 bits per heavy atom. The van der Waals surface area contributed by atoms with Crippen molar-refractivity contribution in [2.45, 2.75) is 18.8 Å². The van der Waals surface area contributed by atoms with E-state index >= 15 is 0 Å². The molecular weight excluding hydrogens is 427 g/mol. The van der Waals surface area contributed by atoms with Crippen LogP contribution < -0.4 is 5.32 Å². The molecule has 30 heavy (non-hydrogen) atoms. The van der Waals surface area contributed by atoms with E-state index in [1.165, 1.54) is 29.5 Å². The van der Waals surface area contributed by atoms with E-state index < -0.39 is 11.7 Å². The number of carbonyl (C=O) groups is 2. The lowest BCUT2D eigenvalue weighted by Crippen LogP contribution is -2.39. The summed E-state index contributed by atoms with van der Waals surface area (Å²) >= 11 is 7.10. The molecular formula is C21H18ClFN4O2S. The molecule has 9 heteroatoms. The van der Waals surface area contributed by atoms with Crippen molar-refractivity contribution < 1.29 is 14.0 Å². The second kappa shape index (κ2) is 8.89. The van der Waals surface area contributed by atoms with E-state index in [0.717, 1.165) is 12.8 Å². The summed E-state index contributed by atoms with van der Waals surface area (Å²) in [6.07, 6.45) is 1.71. The molecule has 3 aromatic rings. The highest BCUT2D eigenvalue weighted by Gasteiger charge is 2.28. The van der Waals surface area contributed by atoms with Gasteiger partial charge in [-0.2, -0.15) is 0 Å². The van der Waals surface area contributed by atoms with Gasteiger partial charge >= 0.3 is 0 Å². The summed E-state index contributed by atoms with van der Waals surface area (Å²) in [5, 5.41) is 12.3. The summed E-state index contributed by atoms with van der Waals surface area (Å²) in [5.41, 5.74) is 0.946. The summed E-state index contributed by atoms with van der Waals surface area (Å²) in [4.78, 5) is 27.0. The van der Waals surface area contributed by atoms with E-state index in [4.69, 9.17) is 11.6 Å². The number of anilines is 1. The first-order valence-corrected chi connectivity index (χ1v) is 10.6. The van der Waals surface area contributed by atoms with Crippen LogP contribution in [0.4, 0.5) is 10.1 Å². The highest BCUT2D eigenvalue weighted by Crippen LogP contribution is 2.30. The van der Waals surface area contributed by atoms with Gasteiger partial charge in [-0.15, -0.1) is 10.2 Å². The second-order valence-electron chi connectivity index (χ2n) is 7.01. The summed E-state index contributed by atoms with van der Waals surface area (Å²) in [6, 6.07) is 12.5. The van der Waals surface area contributed by atoms with Gasteiger partial charge in [-0.25, -0.2) is 4.39 Å². The highest BCUT2D eigenvalue weighted by molar-refractivity contribution is 7.13. The zero-order valence-electron chi connectivity index (χ0n) is 15.8. The Morgan fingerprint density at radius 1 is 1.17 bits per heavy atom. The Hall–Kier alpha value is -2.84. The molecule has 1 N–H and O–H groups in total. The third-order valence-corrected chi connectivity index (χ3v) is 6.20. The number of amides is 2. The molecule has 0 aliphatic carbocycles. The molecule has 0 radical (unpaired) electrons. The normalized spacial score (nSPS) is 16.3. The number of carbonyl (C=O) groups excluding carboxylic acids is 2. The summed E-state index contributed by atoms with van der Waals surface area (Å²) in [7, 11) is 0. The van der Waals surface area contributed by atoms with Crippen LogP contribution in [0.5, 0.6) is 0 Å². The number of rotatable bonds is 4. The smallest absolute Gasteiger partial charge is 0.286 e. The standard InChI is InChI=1S/C21H18ClFN4O2S/c22-15-8-6-13(7-9-15)21(29)27-10-2-3-14(12-27)19-25-26-20(30-19)18(28)24-17-5-1-4-16(23)11-17/h1,4-9,11,14H,2-3,10,12H2,(H,24,28). The molecule has 2 amide bonds. The minimum Gasteiger partial charge on any atom is -0.338 e. The van der Waals surface area contributed by atoms with E-state index in [0.29, 0.717) is 34.4 Å². The molecule has 1 fully saturated rings. The molecule has 4 rings (SSSR count). The van der Waals surface area contributed by atoms with E-state index in [1.54, 1.807) is 35.2 Å². The summed E-state index contributed by atoms with van der Waals surface area (Å²) in [6.45, 7) is 1.19. The molecule has 0 spiro atoms. The van der Waals surface area contributed by atoms with Crippen molar-refractivity contribution in [1.82, 2.24) is 15.1 Å². The minimum absolute atomic E-state index is 0.0169. The van der Waals surface area contributed by atoms with Crippen LogP contribution >= 0.6 is 22.9 Å². The monoisotopic (exact) mass is 444 g/mol. The minimum atomic E-state index is -0.436. The van der Waals surface area contributed by atoms with Crippen molar-refractivity contribution in [3.63, 3.8) is 0 Å². The number of aromatic nitrogens is 2. The molecule has 6 nitrogen and oxygen atoms in total. The van der Waals surface area contributed by atoms with Crippen molar-refractivity contribution in [2.75, 3.05) is 18.4 Å². The zero-order chi connectivity index (χ0) is 21.1. The lowest BCUT2D eigenvalue weighted by molar-refractivity contribution is 0.0706. The van der Waals surface area contributed by atoms with Gasteiger partial charge in [-0.3, -0.25) is 9.59 Å². The fourth-order valence-electron chi connectivity index (χ4n) is 3.38. The molecule has 1 saturated heterocycles. The van der Waals surface area contributed by atoms with Crippen LogP contribution in [0.3, 0.4) is 0 Å². The van der Waals surface area contributed by atoms with Crippen molar-refractivity contribution in [2.24, 2.45) is 0 Å². The van der Waals surface area contributed by atoms with Crippen LogP contribution in [0.15, 0.2) is 48.5 Å². The van der Waals surface area contributed by atoms with E-state index in [2.05, 4.69) is 15.5 Å². The Labute approximate surface area is 181 Å². The molecule has 1 aromatic heterocycles. The number of piperidine rings is 1. The Bertz CT molecular complexity index is 1070. The van der Waals surface area contributed by atoms with Gasteiger partial charge in [0.15, 0.2) is 0 Å². The average molecular weight is 445 g/mol. The predicted octanol–water partition coefficient (Wildman–Crippen LogP) is 4.60. The Balaban J connectivity index is 1.43. The van der Waals surface area contributed by atoms with Gasteiger partial charge in [-0.1, -0.05) is 29.0 Å². The van der Waals surface area contributed by atoms with Gasteiger partial charge in [-0.05, 0) is 55.3 Å². The first kappa shape index (κ1) is 20.4. The molecule has 2 aromatic carbocycles. The Morgan fingerprint density at radius 3 is 2.73 bits per heavy atom. The van der Waals surface area contributed by atoms with Gasteiger partial charge in [0.1, 0.15) is 10.8 Å². The average Bonchev–Trinajstić information content (AvgIpc) is 3.24. The van der Waals surface area contributed by atoms with Gasteiger partial charge in [0.2, 0.25) is 5.01 Å². The number of halogens is 2. The first-order valence-electron chi connectivity index (χ1n) is 9.45. The second-order valence-corrected chi connectivity index (χ2v) is 8.45. The quantitative estimate of drug-likeness (QED) is 0.638. The molecule has 1 unspecified atom stereocenters. The molecule has 1 aliphatic rings. The van der Waals surface area contributed by atoms with Gasteiger partial charge in [0.05, 0.1) is 0 Å². The maximum absolute atomic E-state index is 13.3. The van der Waals surface area contributed by atoms with E-state index in [1.807, 2.05) is 0 Å². The third-order valence-electron chi connectivity index (χ3n) is 4.87. The lowest BCUT2D eigenvalue weighted by atomic mass is 9.98. The van der Waals surface area contributed by atoms with Gasteiger partial charge in [0, 0.05) is 35.3 Å². The summed E-state index contributed by atoms with van der Waals surface area (Å²) < 4.78 is 13.3. The maximum Gasteiger partial charge on any atom is 0.286 e. The largest absolute Gasteiger partial charge is 0.338 e. The SMILES string of the molecule is O=C(Nc1cccc(F)c1)c1nnc(C2CCCN(C(=O)c3ccc(Cl)cc3)C2)s1. The number of benzene rings is 2. The molecule has 2 heterocycles. The van der Waals surface area contributed by atoms with Crippen LogP contribution in [-0.4, -0.2) is 40.0 Å². The van der Waals surface area contributed by atoms with Gasteiger partial charge in [0.25, 0.3) is 11.8 Å². The fraction of sp³-hybridized carbons (Fsp3) is 0.238. The number of hydrogen-bond acceptors (Lipinski definition) is 5. The number of hydrogen-bond donors (Lipinski definition) is 1. The fourth-order valence-corrected chi connectivity index (χ4v) is 4.37. The van der Waals surface area contributed by atoms with E-state index in [-0.39, 0.29) is 16.8 Å². The number of nitrogens with zero attached hydrogens (tertiary/aromatic N) is 3. The van der Waals surface area contributed by atoms with Crippen molar-refractivity contribution in [3.05, 3.63) is 74.9 Å². The number of likely N-dealkylation sites (tertiary alicyclic amines) is 1. The van der Waals surface area contributed by atoms with Crippen molar-refractivity contribution >= 4 is 40.4 Å². The lowest BCUT2D eigenvalue weighted by Gasteiger charge is -2.31. The van der Waals surface area contributed by atoms with E-state index in [9.17, 15) is 14.0 Å². The Kier molecular flexibility index (Phi) is 6.06. The molecule has 154 valence electrons. The molecule has 1 atom stereocenters. The first-order chi connectivity index (χ1) is 14.5. The number of nitrogens with one attached hydrogen (secondary N) is 1. The zero-order valence-corrected chi connectivity index (χ0v) is 17.4. The van der Waals surface area contributed by atoms with Crippen LogP contribution in [0.25, 0.3) is 0 Å². The van der Waals surface area contributed by atoms with Crippen LogP contribution in [0.1, 0.15) is 43.9 Å². The van der Waals surface area contributed by atoms with Crippen molar-refractivity contribution in [3.8, 4) is 0 Å². The molecule has 0 saturated carbocycles. The predicted molar refractivity (Wildman–Crippen MR) is 114 cm³/mol. The topological polar surface area (TPSA) is 75.2 Å². The van der Waals surface area contributed by atoms with Crippen LogP contribution in [0, 0.1) is 5.82 Å². The maximum atomic E-state index is 13.3. The highest BCUT2D eigenvalue weighted by atomic mass is 35.5. The molecule has 1 aliphatic heterocycles.